The van der Waals surface area contributed by atoms with Crippen LogP contribution in [0.4, 0.5) is 0 Å². The van der Waals surface area contributed by atoms with Crippen LogP contribution < -0.4 is 0 Å². The molecule has 0 aliphatic rings. The molecule has 0 aromatic rings. The third-order valence-corrected chi connectivity index (χ3v) is 0.648. The van der Waals surface area contributed by atoms with Gasteiger partial charge < -0.3 is 14.9 Å². The van der Waals surface area contributed by atoms with Gasteiger partial charge in [-0.1, -0.05) is 0 Å². The Balaban J connectivity index is 2.86. The van der Waals surface area contributed by atoms with E-state index in [1.54, 1.807) is 0 Å². The summed E-state index contributed by atoms with van der Waals surface area (Å²) in [5, 5.41) is 16.7. The summed E-state index contributed by atoms with van der Waals surface area (Å²) in [7, 11) is 0. The average molecular weight is 119 g/mol. The average Bonchev–Trinajstić information content (AvgIpc) is 1.83. The Morgan fingerprint density at radius 2 is 2.25 bits per heavy atom. The quantitative estimate of drug-likeness (QED) is 0.492. The highest BCUT2D eigenvalue weighted by molar-refractivity contribution is 4.41. The summed E-state index contributed by atoms with van der Waals surface area (Å²) < 4.78 is 4.58. The Bertz CT molecular complexity index is 46.9. The van der Waals surface area contributed by atoms with Gasteiger partial charge in [-0.05, 0) is 13.3 Å². The maximum Gasteiger partial charge on any atom is 0.154 e. The number of rotatable bonds is 4. The van der Waals surface area contributed by atoms with E-state index >= 15 is 0 Å². The fourth-order valence-electron chi connectivity index (χ4n) is 0.272. The molecule has 0 spiro atoms. The Morgan fingerprint density at radius 1 is 1.62 bits per heavy atom. The summed E-state index contributed by atoms with van der Waals surface area (Å²) in [5.74, 6) is 0. The normalized spacial score (nSPS) is 13.9. The van der Waals surface area contributed by atoms with Crippen LogP contribution in [0.5, 0.6) is 0 Å². The summed E-state index contributed by atoms with van der Waals surface area (Å²) in [6.45, 7) is 3.50. The van der Waals surface area contributed by atoms with Gasteiger partial charge >= 0.3 is 0 Å². The van der Waals surface area contributed by atoms with E-state index in [9.17, 15) is 0 Å². The van der Waals surface area contributed by atoms with Crippen LogP contribution in [0.1, 0.15) is 6.42 Å². The van der Waals surface area contributed by atoms with Crippen LogP contribution in [0, 0.1) is 6.92 Å². The van der Waals surface area contributed by atoms with E-state index in [0.717, 1.165) is 0 Å². The lowest BCUT2D eigenvalue weighted by molar-refractivity contribution is -0.104. The third kappa shape index (κ3) is 4.05. The zero-order chi connectivity index (χ0) is 6.41. The van der Waals surface area contributed by atoms with Crippen molar-refractivity contribution in [2.24, 2.45) is 0 Å². The van der Waals surface area contributed by atoms with E-state index in [2.05, 4.69) is 11.7 Å². The van der Waals surface area contributed by atoms with Gasteiger partial charge in [-0.2, -0.15) is 0 Å². The molecular weight excluding hydrogens is 108 g/mol. The molecule has 0 fully saturated rings. The first-order valence-electron chi connectivity index (χ1n) is 2.51. The van der Waals surface area contributed by atoms with E-state index in [4.69, 9.17) is 10.2 Å². The first-order valence-corrected chi connectivity index (χ1v) is 2.51. The minimum absolute atomic E-state index is 0.0585. The molecule has 0 saturated heterocycles. The fourth-order valence-corrected chi connectivity index (χ4v) is 0.272. The maximum absolute atomic E-state index is 8.59. The number of hydrogen-bond acceptors (Lipinski definition) is 3. The van der Waals surface area contributed by atoms with Gasteiger partial charge in [0.15, 0.2) is 6.29 Å². The second-order valence-corrected chi connectivity index (χ2v) is 1.34. The Kier molecular flexibility index (Phi) is 4.95. The molecule has 3 heteroatoms. The van der Waals surface area contributed by atoms with Gasteiger partial charge in [0.2, 0.25) is 0 Å². The van der Waals surface area contributed by atoms with Crippen LogP contribution in [-0.4, -0.2) is 29.7 Å². The lowest BCUT2D eigenvalue weighted by Gasteiger charge is -2.05. The molecule has 1 atom stereocenters. The number of ether oxygens (including phenoxy) is 1. The van der Waals surface area contributed by atoms with Crippen molar-refractivity contribution >= 4 is 0 Å². The van der Waals surface area contributed by atoms with Gasteiger partial charge in [-0.25, -0.2) is 0 Å². The number of hydrogen-bond donors (Lipinski definition) is 2. The van der Waals surface area contributed by atoms with Gasteiger partial charge in [0.1, 0.15) is 0 Å². The summed E-state index contributed by atoms with van der Waals surface area (Å²) in [6, 6.07) is 0. The van der Waals surface area contributed by atoms with Crippen molar-refractivity contribution in [3.8, 4) is 0 Å². The molecule has 0 saturated carbocycles. The Morgan fingerprint density at radius 3 is 2.62 bits per heavy atom. The monoisotopic (exact) mass is 119 g/mol. The van der Waals surface area contributed by atoms with Crippen molar-refractivity contribution in [1.29, 1.82) is 0 Å². The molecule has 2 N–H and O–H groups in total. The minimum Gasteiger partial charge on any atom is -0.394 e. The Labute approximate surface area is 48.9 Å². The molecule has 0 heterocycles. The Hall–Kier alpha value is -0.120. The van der Waals surface area contributed by atoms with Crippen molar-refractivity contribution in [3.63, 3.8) is 0 Å². The molecule has 49 valence electrons. The second-order valence-electron chi connectivity index (χ2n) is 1.34. The summed E-state index contributed by atoms with van der Waals surface area (Å²) >= 11 is 0. The van der Waals surface area contributed by atoms with Gasteiger partial charge in [0.25, 0.3) is 0 Å². The molecule has 0 aromatic carbocycles. The molecule has 1 radical (unpaired) electrons. The van der Waals surface area contributed by atoms with E-state index in [1.807, 2.05) is 0 Å². The standard InChI is InChI=1S/C5H11O3/c1-2-5(7)8-4-3-6/h5-7H,1-4H2. The van der Waals surface area contributed by atoms with E-state index in [-0.39, 0.29) is 13.2 Å². The zero-order valence-electron chi connectivity index (χ0n) is 4.71. The van der Waals surface area contributed by atoms with Gasteiger partial charge in [-0.15, -0.1) is 0 Å². The van der Waals surface area contributed by atoms with Crippen LogP contribution >= 0.6 is 0 Å². The maximum atomic E-state index is 8.59. The molecule has 0 aliphatic carbocycles. The summed E-state index contributed by atoms with van der Waals surface area (Å²) in [5.41, 5.74) is 0. The van der Waals surface area contributed by atoms with E-state index in [0.29, 0.717) is 6.42 Å². The van der Waals surface area contributed by atoms with Crippen molar-refractivity contribution in [3.05, 3.63) is 6.92 Å². The van der Waals surface area contributed by atoms with Crippen LogP contribution in [-0.2, 0) is 4.74 Å². The SMILES string of the molecule is [CH2]CC(O)OCCO. The van der Waals surface area contributed by atoms with Crippen molar-refractivity contribution in [1.82, 2.24) is 0 Å². The highest BCUT2D eigenvalue weighted by atomic mass is 16.6. The second kappa shape index (κ2) is 5.03. The summed E-state index contributed by atoms with van der Waals surface area (Å²) in [4.78, 5) is 0. The molecule has 0 amide bonds. The lowest BCUT2D eigenvalue weighted by Crippen LogP contribution is -2.12. The molecule has 0 aliphatic heterocycles. The third-order valence-electron chi connectivity index (χ3n) is 0.648. The molecule has 8 heavy (non-hydrogen) atoms. The van der Waals surface area contributed by atoms with Crippen LogP contribution in [0.3, 0.4) is 0 Å². The smallest absolute Gasteiger partial charge is 0.154 e. The number of aliphatic hydroxyl groups excluding tert-OH is 2. The molecule has 3 nitrogen and oxygen atoms in total. The van der Waals surface area contributed by atoms with Gasteiger partial charge in [0.05, 0.1) is 13.2 Å². The molecule has 1 unspecified atom stereocenters. The van der Waals surface area contributed by atoms with Crippen molar-refractivity contribution < 1.29 is 14.9 Å². The van der Waals surface area contributed by atoms with Crippen molar-refractivity contribution in [2.75, 3.05) is 13.2 Å². The lowest BCUT2D eigenvalue weighted by atomic mass is 10.5. The van der Waals surface area contributed by atoms with Crippen LogP contribution in [0.2, 0.25) is 0 Å². The minimum atomic E-state index is -0.817. The van der Waals surface area contributed by atoms with Crippen LogP contribution in [0.15, 0.2) is 0 Å². The molecule has 0 aromatic heterocycles. The summed E-state index contributed by atoms with van der Waals surface area (Å²) in [6.07, 6.45) is -0.498. The predicted octanol–water partition coefficient (Wildman–Crippen LogP) is -0.462. The first kappa shape index (κ1) is 7.88. The van der Waals surface area contributed by atoms with E-state index in [1.165, 1.54) is 0 Å². The topological polar surface area (TPSA) is 49.7 Å². The van der Waals surface area contributed by atoms with Crippen molar-refractivity contribution in [2.45, 2.75) is 12.7 Å². The highest BCUT2D eigenvalue weighted by Gasteiger charge is 1.96. The largest absolute Gasteiger partial charge is 0.394 e. The zero-order valence-corrected chi connectivity index (χ0v) is 4.71. The number of aliphatic hydroxyl groups is 2. The molecule has 0 rings (SSSR count). The van der Waals surface area contributed by atoms with Gasteiger partial charge in [0, 0.05) is 0 Å². The molecular formula is C5H11O3. The van der Waals surface area contributed by atoms with E-state index < -0.39 is 6.29 Å². The highest BCUT2D eigenvalue weighted by Crippen LogP contribution is 1.89. The van der Waals surface area contributed by atoms with Gasteiger partial charge in [-0.3, -0.25) is 0 Å². The fraction of sp³-hybridized carbons (Fsp3) is 0.800. The molecule has 0 bridgehead atoms. The first-order chi connectivity index (χ1) is 3.81. The van der Waals surface area contributed by atoms with Crippen LogP contribution in [0.25, 0.3) is 0 Å². The predicted molar refractivity (Wildman–Crippen MR) is 29.0 cm³/mol.